The monoisotopic (exact) mass is 214 g/mol. The molecule has 13 heavy (non-hydrogen) atoms. The Morgan fingerprint density at radius 1 is 1.77 bits per heavy atom. The Hall–Kier alpha value is -1.01. The number of carboxylic acids is 1. The van der Waals surface area contributed by atoms with Gasteiger partial charge in [-0.15, -0.1) is 23.1 Å². The average molecular weight is 214 g/mol. The van der Waals surface area contributed by atoms with Gasteiger partial charge >= 0.3 is 5.97 Å². The molecular weight excluding hydrogens is 208 g/mol. The third-order valence-corrected chi connectivity index (χ3v) is 3.05. The van der Waals surface area contributed by atoms with Crippen molar-refractivity contribution >= 4 is 34.0 Å². The fourth-order valence-corrected chi connectivity index (χ4v) is 2.43. The minimum absolute atomic E-state index is 0.253. The van der Waals surface area contributed by atoms with E-state index >= 15 is 0 Å². The van der Waals surface area contributed by atoms with E-state index in [-0.39, 0.29) is 5.69 Å². The molecule has 0 aliphatic carbocycles. The molecule has 6 heteroatoms. The molecular formula is C7H6N2O2S2. The number of carboxylic acid groups (broad SMARTS) is 1. The quantitative estimate of drug-likeness (QED) is 0.775. The van der Waals surface area contributed by atoms with Crippen LogP contribution >= 0.6 is 23.1 Å². The van der Waals surface area contributed by atoms with Crippen molar-refractivity contribution in [2.75, 3.05) is 6.26 Å². The highest BCUT2D eigenvalue weighted by molar-refractivity contribution is 7.98. The minimum Gasteiger partial charge on any atom is -0.476 e. The predicted octanol–water partition coefficient (Wildman–Crippen LogP) is 1.82. The Balaban J connectivity index is 2.77. The van der Waals surface area contributed by atoms with Crippen molar-refractivity contribution in [1.29, 1.82) is 0 Å². The number of hydrogen-bond acceptors (Lipinski definition) is 4. The molecule has 2 heterocycles. The van der Waals surface area contributed by atoms with Crippen molar-refractivity contribution in [3.8, 4) is 0 Å². The maximum absolute atomic E-state index is 10.9. The van der Waals surface area contributed by atoms with Gasteiger partial charge in [-0.2, -0.15) is 0 Å². The van der Waals surface area contributed by atoms with Crippen molar-refractivity contribution in [1.82, 2.24) is 9.38 Å². The summed E-state index contributed by atoms with van der Waals surface area (Å²) in [5.41, 5.74) is 0.253. The molecule has 0 radical (unpaired) electrons. The van der Waals surface area contributed by atoms with Gasteiger partial charge < -0.3 is 5.11 Å². The lowest BCUT2D eigenvalue weighted by molar-refractivity contribution is 0.0685. The van der Waals surface area contributed by atoms with E-state index in [1.165, 1.54) is 23.1 Å². The summed E-state index contributed by atoms with van der Waals surface area (Å²) < 4.78 is 1.60. The molecule has 1 N–H and O–H groups in total. The lowest BCUT2D eigenvalue weighted by Crippen LogP contribution is -2.01. The van der Waals surface area contributed by atoms with Crippen LogP contribution in [0, 0.1) is 0 Å². The standard InChI is InChI=1S/C7H6N2O2S2/c1-12-5-4(6(10)11)9-2-3-13-7(9)8-5/h2-3H,1H3,(H,10,11). The van der Waals surface area contributed by atoms with Gasteiger partial charge in [-0.3, -0.25) is 4.40 Å². The van der Waals surface area contributed by atoms with Crippen LogP contribution < -0.4 is 0 Å². The van der Waals surface area contributed by atoms with Crippen molar-refractivity contribution in [2.45, 2.75) is 5.03 Å². The van der Waals surface area contributed by atoms with Crippen molar-refractivity contribution in [3.05, 3.63) is 17.3 Å². The van der Waals surface area contributed by atoms with E-state index in [2.05, 4.69) is 4.98 Å². The number of imidazole rings is 1. The highest BCUT2D eigenvalue weighted by Gasteiger charge is 2.17. The zero-order valence-corrected chi connectivity index (χ0v) is 8.35. The molecule has 0 unspecified atom stereocenters. The molecule has 4 nitrogen and oxygen atoms in total. The molecule has 0 aliphatic rings. The molecule has 0 atom stereocenters. The lowest BCUT2D eigenvalue weighted by Gasteiger charge is -1.93. The van der Waals surface area contributed by atoms with E-state index in [1.54, 1.807) is 10.6 Å². The van der Waals surface area contributed by atoms with E-state index in [0.29, 0.717) is 5.03 Å². The first kappa shape index (κ1) is 8.58. The normalized spacial score (nSPS) is 10.8. The Morgan fingerprint density at radius 2 is 2.54 bits per heavy atom. The van der Waals surface area contributed by atoms with E-state index < -0.39 is 5.97 Å². The second kappa shape index (κ2) is 3.04. The van der Waals surface area contributed by atoms with Gasteiger partial charge in [0.05, 0.1) is 0 Å². The number of hydrogen-bond donors (Lipinski definition) is 1. The van der Waals surface area contributed by atoms with Gasteiger partial charge in [0.25, 0.3) is 0 Å². The third kappa shape index (κ3) is 1.22. The minimum atomic E-state index is -0.935. The van der Waals surface area contributed by atoms with Crippen LogP contribution in [0.15, 0.2) is 16.6 Å². The van der Waals surface area contributed by atoms with Gasteiger partial charge in [0.15, 0.2) is 10.7 Å². The van der Waals surface area contributed by atoms with Crippen LogP contribution in [-0.4, -0.2) is 26.7 Å². The number of aromatic carboxylic acids is 1. The molecule has 0 bridgehead atoms. The molecule has 2 aromatic rings. The van der Waals surface area contributed by atoms with Gasteiger partial charge in [-0.25, -0.2) is 9.78 Å². The summed E-state index contributed by atoms with van der Waals surface area (Å²) in [4.78, 5) is 15.8. The first-order chi connectivity index (χ1) is 6.24. The molecule has 2 aromatic heterocycles. The van der Waals surface area contributed by atoms with Gasteiger partial charge in [0.2, 0.25) is 0 Å². The van der Waals surface area contributed by atoms with Crippen LogP contribution in [-0.2, 0) is 0 Å². The summed E-state index contributed by atoms with van der Waals surface area (Å²) >= 11 is 2.78. The van der Waals surface area contributed by atoms with Crippen LogP contribution in [0.5, 0.6) is 0 Å². The molecule has 68 valence electrons. The van der Waals surface area contributed by atoms with Gasteiger partial charge in [0, 0.05) is 11.6 Å². The van der Waals surface area contributed by atoms with Crippen LogP contribution in [0.1, 0.15) is 10.5 Å². The van der Waals surface area contributed by atoms with Crippen molar-refractivity contribution < 1.29 is 9.90 Å². The molecule has 0 spiro atoms. The van der Waals surface area contributed by atoms with Gasteiger partial charge in [0.1, 0.15) is 5.03 Å². The molecule has 0 fully saturated rings. The van der Waals surface area contributed by atoms with E-state index in [4.69, 9.17) is 5.11 Å². The summed E-state index contributed by atoms with van der Waals surface area (Å²) in [7, 11) is 0. The number of thioether (sulfide) groups is 1. The lowest BCUT2D eigenvalue weighted by atomic mass is 10.5. The fourth-order valence-electron chi connectivity index (χ4n) is 1.10. The molecule has 0 amide bonds. The number of thiazole rings is 1. The number of carbonyl (C=O) groups is 1. The van der Waals surface area contributed by atoms with Crippen LogP contribution in [0.3, 0.4) is 0 Å². The van der Waals surface area contributed by atoms with E-state index in [1.807, 2.05) is 11.6 Å². The zero-order chi connectivity index (χ0) is 9.42. The Morgan fingerprint density at radius 3 is 3.15 bits per heavy atom. The maximum Gasteiger partial charge on any atom is 0.355 e. The average Bonchev–Trinajstić information content (AvgIpc) is 2.59. The Bertz CT molecular complexity index is 460. The van der Waals surface area contributed by atoms with Crippen LogP contribution in [0.25, 0.3) is 4.96 Å². The summed E-state index contributed by atoms with van der Waals surface area (Å²) in [5, 5.41) is 11.3. The number of rotatable bonds is 2. The number of fused-ring (bicyclic) bond motifs is 1. The van der Waals surface area contributed by atoms with E-state index in [9.17, 15) is 4.79 Å². The fraction of sp³-hybridized carbons (Fsp3) is 0.143. The van der Waals surface area contributed by atoms with Crippen molar-refractivity contribution in [3.63, 3.8) is 0 Å². The zero-order valence-electron chi connectivity index (χ0n) is 6.72. The third-order valence-electron chi connectivity index (χ3n) is 1.63. The molecule has 2 rings (SSSR count). The van der Waals surface area contributed by atoms with Gasteiger partial charge in [-0.1, -0.05) is 0 Å². The summed E-state index contributed by atoms with van der Waals surface area (Å²) in [6, 6.07) is 0. The van der Waals surface area contributed by atoms with E-state index in [0.717, 1.165) is 4.96 Å². The first-order valence-corrected chi connectivity index (χ1v) is 5.57. The summed E-state index contributed by atoms with van der Waals surface area (Å²) in [5.74, 6) is -0.935. The second-order valence-electron chi connectivity index (χ2n) is 2.33. The summed E-state index contributed by atoms with van der Waals surface area (Å²) in [6.45, 7) is 0. The topological polar surface area (TPSA) is 54.6 Å². The second-order valence-corrected chi connectivity index (χ2v) is 4.00. The molecule has 0 aliphatic heterocycles. The highest BCUT2D eigenvalue weighted by atomic mass is 32.2. The van der Waals surface area contributed by atoms with Crippen LogP contribution in [0.2, 0.25) is 0 Å². The number of nitrogens with zero attached hydrogens (tertiary/aromatic N) is 2. The first-order valence-electron chi connectivity index (χ1n) is 3.47. The Kier molecular flexibility index (Phi) is 2.01. The summed E-state index contributed by atoms with van der Waals surface area (Å²) in [6.07, 6.45) is 3.54. The smallest absolute Gasteiger partial charge is 0.355 e. The van der Waals surface area contributed by atoms with Crippen LogP contribution in [0.4, 0.5) is 0 Å². The molecule has 0 saturated carbocycles. The predicted molar refractivity (Wildman–Crippen MR) is 51.8 cm³/mol. The highest BCUT2D eigenvalue weighted by Crippen LogP contribution is 2.23. The molecule has 0 aromatic carbocycles. The largest absolute Gasteiger partial charge is 0.476 e. The molecule has 0 saturated heterocycles. The Labute approximate surface area is 82.2 Å². The number of aromatic nitrogens is 2. The maximum atomic E-state index is 10.9. The SMILES string of the molecule is CSc1nc2sccn2c1C(=O)O. The van der Waals surface area contributed by atoms with Crippen molar-refractivity contribution in [2.24, 2.45) is 0 Å². The van der Waals surface area contributed by atoms with Gasteiger partial charge in [-0.05, 0) is 6.26 Å².